The molecule has 0 saturated carbocycles. The summed E-state index contributed by atoms with van der Waals surface area (Å²) in [5, 5.41) is 5.29. The van der Waals surface area contributed by atoms with Crippen LogP contribution >= 0.6 is 11.3 Å². The molecule has 0 bridgehead atoms. The van der Waals surface area contributed by atoms with Crippen molar-refractivity contribution in [2.24, 2.45) is 0 Å². The first-order valence-corrected chi connectivity index (χ1v) is 17.2. The van der Waals surface area contributed by atoms with E-state index in [-0.39, 0.29) is 0 Å². The van der Waals surface area contributed by atoms with Crippen LogP contribution in [0, 0.1) is 0 Å². The summed E-state index contributed by atoms with van der Waals surface area (Å²) in [4.78, 5) is 13.1. The summed E-state index contributed by atoms with van der Waals surface area (Å²) in [6, 6.07) is 57.0. The number of anilines is 3. The van der Waals surface area contributed by atoms with Crippen molar-refractivity contribution in [2.75, 3.05) is 4.90 Å². The minimum Gasteiger partial charge on any atom is -0.455 e. The molecule has 3 heterocycles. The first-order chi connectivity index (χ1) is 24.3. The average molecular weight is 646 g/mol. The van der Waals surface area contributed by atoms with Crippen LogP contribution in [0.4, 0.5) is 17.1 Å². The fraction of sp³-hybridized carbons (Fsp3) is 0. The lowest BCUT2D eigenvalue weighted by atomic mass is 9.98. The van der Waals surface area contributed by atoms with Crippen molar-refractivity contribution in [3.8, 4) is 22.6 Å². The molecular formula is C44H27N3OS. The number of benzene rings is 7. The van der Waals surface area contributed by atoms with Crippen LogP contribution in [0.25, 0.3) is 75.7 Å². The third-order valence-electron chi connectivity index (χ3n) is 9.25. The van der Waals surface area contributed by atoms with E-state index in [2.05, 4.69) is 163 Å². The maximum Gasteiger partial charge on any atom is 0.161 e. The summed E-state index contributed by atoms with van der Waals surface area (Å²) in [7, 11) is 0. The third kappa shape index (κ3) is 4.44. The highest BCUT2D eigenvalue weighted by molar-refractivity contribution is 7.26. The standard InChI is InChI=1S/C44H27N3OS/c1-4-15-28(16-5-1)40-43-41(33-23-12-13-26-37(33)49-43)46-44(45-40)34-27-29-17-10-11-22-32(29)42-38(34)39-35(24-14-25-36(39)48-42)47(30-18-6-2-7-19-30)31-20-8-3-9-21-31/h1-27H. The summed E-state index contributed by atoms with van der Waals surface area (Å²) in [6.07, 6.45) is 0. The Bertz CT molecular complexity index is 2790. The third-order valence-corrected chi connectivity index (χ3v) is 10.4. The highest BCUT2D eigenvalue weighted by Gasteiger charge is 2.25. The Balaban J connectivity index is 1.36. The smallest absolute Gasteiger partial charge is 0.161 e. The van der Waals surface area contributed by atoms with E-state index in [1.807, 2.05) is 6.07 Å². The molecule has 0 amide bonds. The van der Waals surface area contributed by atoms with Crippen molar-refractivity contribution in [1.29, 1.82) is 0 Å². The van der Waals surface area contributed by atoms with E-state index in [1.165, 1.54) is 4.70 Å². The zero-order chi connectivity index (χ0) is 32.3. The fourth-order valence-corrected chi connectivity index (χ4v) is 8.24. The monoisotopic (exact) mass is 645 g/mol. The summed E-state index contributed by atoms with van der Waals surface area (Å²) >= 11 is 1.75. The molecule has 0 spiro atoms. The molecule has 0 aliphatic rings. The summed E-state index contributed by atoms with van der Waals surface area (Å²) in [5.74, 6) is 0.675. The molecule has 0 N–H and O–H groups in total. The van der Waals surface area contributed by atoms with Crippen molar-refractivity contribution in [3.63, 3.8) is 0 Å². The summed E-state index contributed by atoms with van der Waals surface area (Å²) in [5.41, 5.74) is 8.70. The van der Waals surface area contributed by atoms with E-state index < -0.39 is 0 Å². The number of para-hydroxylation sites is 2. The lowest BCUT2D eigenvalue weighted by Gasteiger charge is -2.26. The molecule has 5 heteroatoms. The van der Waals surface area contributed by atoms with Gasteiger partial charge in [-0.25, -0.2) is 9.97 Å². The van der Waals surface area contributed by atoms with Crippen LogP contribution in [0.1, 0.15) is 0 Å². The fourth-order valence-electron chi connectivity index (χ4n) is 7.08. The molecule has 7 aromatic carbocycles. The largest absolute Gasteiger partial charge is 0.455 e. The second kappa shape index (κ2) is 11.2. The highest BCUT2D eigenvalue weighted by Crippen LogP contribution is 2.48. The maximum atomic E-state index is 6.87. The summed E-state index contributed by atoms with van der Waals surface area (Å²) in [6.45, 7) is 0. The predicted molar refractivity (Wildman–Crippen MR) is 205 cm³/mol. The Morgan fingerprint density at radius 3 is 1.96 bits per heavy atom. The van der Waals surface area contributed by atoms with Gasteiger partial charge in [-0.15, -0.1) is 11.3 Å². The molecule has 4 nitrogen and oxygen atoms in total. The van der Waals surface area contributed by atoms with Gasteiger partial charge in [0.15, 0.2) is 5.82 Å². The molecule has 0 fully saturated rings. The summed E-state index contributed by atoms with van der Waals surface area (Å²) < 4.78 is 9.15. The molecule has 10 rings (SSSR count). The SMILES string of the molecule is c1ccc(-c2nc(-c3cc4ccccc4c4oc5cccc(N(c6ccccc6)c6ccccc6)c5c34)nc3c2sc2ccccc23)cc1. The van der Waals surface area contributed by atoms with Gasteiger partial charge in [-0.1, -0.05) is 115 Å². The van der Waals surface area contributed by atoms with E-state index >= 15 is 0 Å². The average Bonchev–Trinajstić information content (AvgIpc) is 3.75. The second-order valence-corrected chi connectivity index (χ2v) is 13.2. The first kappa shape index (κ1) is 27.8. The van der Waals surface area contributed by atoms with Gasteiger partial charge < -0.3 is 9.32 Å². The zero-order valence-electron chi connectivity index (χ0n) is 26.2. The second-order valence-electron chi connectivity index (χ2n) is 12.1. The molecule has 0 atom stereocenters. The number of hydrogen-bond acceptors (Lipinski definition) is 5. The highest BCUT2D eigenvalue weighted by atomic mass is 32.1. The number of thiophene rings is 1. The number of fused-ring (bicyclic) bond motifs is 8. The minimum atomic E-state index is 0.675. The topological polar surface area (TPSA) is 42.2 Å². The van der Waals surface area contributed by atoms with Gasteiger partial charge in [0.1, 0.15) is 11.2 Å². The number of rotatable bonds is 5. The van der Waals surface area contributed by atoms with Crippen molar-refractivity contribution < 1.29 is 4.42 Å². The van der Waals surface area contributed by atoms with E-state index in [0.29, 0.717) is 5.82 Å². The molecule has 0 aliphatic heterocycles. The first-order valence-electron chi connectivity index (χ1n) is 16.3. The molecule has 3 aromatic heterocycles. The molecule has 10 aromatic rings. The van der Waals surface area contributed by atoms with Crippen LogP contribution in [0.5, 0.6) is 0 Å². The van der Waals surface area contributed by atoms with Gasteiger partial charge in [0.05, 0.1) is 27.0 Å². The van der Waals surface area contributed by atoms with Crippen LogP contribution in [0.15, 0.2) is 168 Å². The molecule has 0 radical (unpaired) electrons. The van der Waals surface area contributed by atoms with Crippen molar-refractivity contribution in [2.45, 2.75) is 0 Å². The van der Waals surface area contributed by atoms with Crippen LogP contribution in [-0.2, 0) is 0 Å². The molecular weight excluding hydrogens is 619 g/mol. The van der Waals surface area contributed by atoms with Crippen LogP contribution in [0.3, 0.4) is 0 Å². The van der Waals surface area contributed by atoms with Crippen molar-refractivity contribution in [3.05, 3.63) is 164 Å². The molecule has 0 unspecified atom stereocenters. The number of furan rings is 1. The Morgan fingerprint density at radius 1 is 0.551 bits per heavy atom. The predicted octanol–water partition coefficient (Wildman–Crippen LogP) is 12.7. The van der Waals surface area contributed by atoms with E-state index in [9.17, 15) is 0 Å². The van der Waals surface area contributed by atoms with Gasteiger partial charge in [-0.2, -0.15) is 0 Å². The molecule has 0 saturated heterocycles. The lowest BCUT2D eigenvalue weighted by molar-refractivity contribution is 0.673. The number of hydrogen-bond donors (Lipinski definition) is 0. The van der Waals surface area contributed by atoms with Crippen LogP contribution in [-0.4, -0.2) is 9.97 Å². The Morgan fingerprint density at radius 2 is 1.20 bits per heavy atom. The quantitative estimate of drug-likeness (QED) is 0.187. The van der Waals surface area contributed by atoms with E-state index in [0.717, 1.165) is 82.2 Å². The van der Waals surface area contributed by atoms with Crippen LogP contribution in [0.2, 0.25) is 0 Å². The normalized spacial score (nSPS) is 11.7. The number of nitrogens with zero attached hydrogens (tertiary/aromatic N) is 3. The van der Waals surface area contributed by atoms with Gasteiger partial charge in [0.25, 0.3) is 0 Å². The lowest BCUT2D eigenvalue weighted by Crippen LogP contribution is -2.10. The van der Waals surface area contributed by atoms with Crippen molar-refractivity contribution in [1.82, 2.24) is 9.97 Å². The Hall–Kier alpha value is -6.30. The van der Waals surface area contributed by atoms with E-state index in [4.69, 9.17) is 14.4 Å². The van der Waals surface area contributed by atoms with Gasteiger partial charge in [-0.05, 0) is 53.9 Å². The zero-order valence-corrected chi connectivity index (χ0v) is 27.1. The molecule has 230 valence electrons. The van der Waals surface area contributed by atoms with Gasteiger partial charge in [0, 0.05) is 43.4 Å². The van der Waals surface area contributed by atoms with Gasteiger partial charge >= 0.3 is 0 Å². The number of aromatic nitrogens is 2. The van der Waals surface area contributed by atoms with Gasteiger partial charge in [-0.3, -0.25) is 0 Å². The van der Waals surface area contributed by atoms with Crippen LogP contribution < -0.4 is 4.90 Å². The minimum absolute atomic E-state index is 0.675. The van der Waals surface area contributed by atoms with E-state index in [1.54, 1.807) is 11.3 Å². The van der Waals surface area contributed by atoms with Crippen molar-refractivity contribution >= 4 is 81.4 Å². The Labute approximate surface area is 286 Å². The van der Waals surface area contributed by atoms with Gasteiger partial charge in [0.2, 0.25) is 0 Å². The maximum absolute atomic E-state index is 6.87. The molecule has 49 heavy (non-hydrogen) atoms. The molecule has 0 aliphatic carbocycles. The Kier molecular flexibility index (Phi) is 6.32.